The maximum absolute atomic E-state index is 10.8. The zero-order chi connectivity index (χ0) is 11.5. The molecule has 0 aromatic heterocycles. The number of aliphatic carboxylic acids is 1. The zero-order valence-corrected chi connectivity index (χ0v) is 9.49. The molecule has 0 aromatic rings. The van der Waals surface area contributed by atoms with Gasteiger partial charge in [-0.25, -0.2) is 0 Å². The number of aliphatic hydroxyl groups is 1. The van der Waals surface area contributed by atoms with Crippen LogP contribution in [0, 0.1) is 5.92 Å². The highest BCUT2D eigenvalue weighted by molar-refractivity contribution is 5.73. The van der Waals surface area contributed by atoms with E-state index in [1.165, 1.54) is 6.42 Å². The van der Waals surface area contributed by atoms with Gasteiger partial charge in [0.05, 0.1) is 6.61 Å². The van der Waals surface area contributed by atoms with Gasteiger partial charge in [-0.2, -0.15) is 0 Å². The lowest BCUT2D eigenvalue weighted by Gasteiger charge is -2.40. The van der Waals surface area contributed by atoms with Crippen molar-refractivity contribution in [3.8, 4) is 0 Å². The fourth-order valence-corrected chi connectivity index (χ4v) is 2.50. The van der Waals surface area contributed by atoms with E-state index >= 15 is 0 Å². The monoisotopic (exact) mass is 215 g/mol. The summed E-state index contributed by atoms with van der Waals surface area (Å²) in [4.78, 5) is 10.8. The van der Waals surface area contributed by atoms with E-state index in [1.54, 1.807) is 6.92 Å². The van der Waals surface area contributed by atoms with Crippen LogP contribution in [-0.4, -0.2) is 34.4 Å². The number of carboxylic acids is 1. The van der Waals surface area contributed by atoms with Crippen molar-refractivity contribution < 1.29 is 15.0 Å². The summed E-state index contributed by atoms with van der Waals surface area (Å²) < 4.78 is 0. The minimum absolute atomic E-state index is 0.0228. The Hall–Kier alpha value is -0.610. The van der Waals surface area contributed by atoms with Crippen molar-refractivity contribution in [3.63, 3.8) is 0 Å². The van der Waals surface area contributed by atoms with Crippen molar-refractivity contribution >= 4 is 5.97 Å². The zero-order valence-electron chi connectivity index (χ0n) is 9.49. The lowest BCUT2D eigenvalue weighted by Crippen LogP contribution is -2.56. The Bertz CT molecular complexity index is 232. The largest absolute Gasteiger partial charge is 0.480 e. The normalized spacial score (nSPS) is 33.7. The van der Waals surface area contributed by atoms with Crippen LogP contribution in [0.2, 0.25) is 0 Å². The second kappa shape index (κ2) is 4.94. The summed E-state index contributed by atoms with van der Waals surface area (Å²) in [5.74, 6) is -0.305. The molecule has 0 bridgehead atoms. The average Bonchev–Trinajstić information content (AvgIpc) is 2.17. The van der Waals surface area contributed by atoms with E-state index in [0.717, 1.165) is 19.3 Å². The van der Waals surface area contributed by atoms with E-state index in [2.05, 4.69) is 12.2 Å². The van der Waals surface area contributed by atoms with Gasteiger partial charge < -0.3 is 10.2 Å². The van der Waals surface area contributed by atoms with Crippen LogP contribution in [-0.2, 0) is 4.79 Å². The Morgan fingerprint density at radius 3 is 2.80 bits per heavy atom. The van der Waals surface area contributed by atoms with Crippen molar-refractivity contribution in [1.82, 2.24) is 5.32 Å². The van der Waals surface area contributed by atoms with Gasteiger partial charge >= 0.3 is 5.97 Å². The fraction of sp³-hybridized carbons (Fsp3) is 0.909. The highest BCUT2D eigenvalue weighted by Gasteiger charge is 2.36. The molecular formula is C11H21NO3. The van der Waals surface area contributed by atoms with E-state index in [1.807, 2.05) is 0 Å². The van der Waals surface area contributed by atoms with E-state index in [4.69, 9.17) is 5.11 Å². The molecule has 0 spiro atoms. The minimum atomic E-state index is -0.860. The molecule has 1 rings (SSSR count). The molecule has 1 aliphatic carbocycles. The molecular weight excluding hydrogens is 194 g/mol. The van der Waals surface area contributed by atoms with Crippen LogP contribution in [0.5, 0.6) is 0 Å². The Kier molecular flexibility index (Phi) is 4.11. The van der Waals surface area contributed by atoms with Crippen LogP contribution < -0.4 is 5.32 Å². The number of aliphatic hydroxyl groups excluding tert-OH is 1. The molecule has 4 nitrogen and oxygen atoms in total. The molecule has 0 saturated heterocycles. The first-order chi connectivity index (χ1) is 6.99. The minimum Gasteiger partial charge on any atom is -0.480 e. The molecule has 0 heterocycles. The second-order valence-electron chi connectivity index (χ2n) is 4.84. The van der Waals surface area contributed by atoms with Crippen molar-refractivity contribution in [1.29, 1.82) is 0 Å². The summed E-state index contributed by atoms with van der Waals surface area (Å²) in [5, 5.41) is 21.3. The van der Waals surface area contributed by atoms with Gasteiger partial charge in [0.15, 0.2) is 0 Å². The van der Waals surface area contributed by atoms with E-state index in [9.17, 15) is 9.90 Å². The fourth-order valence-electron chi connectivity index (χ4n) is 2.50. The Morgan fingerprint density at radius 1 is 1.67 bits per heavy atom. The Balaban J connectivity index is 2.63. The maximum Gasteiger partial charge on any atom is 0.320 e. The Labute approximate surface area is 90.7 Å². The van der Waals surface area contributed by atoms with Gasteiger partial charge in [0.1, 0.15) is 6.04 Å². The molecule has 0 aromatic carbocycles. The first-order valence-electron chi connectivity index (χ1n) is 5.60. The van der Waals surface area contributed by atoms with Gasteiger partial charge in [-0.1, -0.05) is 19.8 Å². The molecule has 4 heteroatoms. The van der Waals surface area contributed by atoms with Crippen molar-refractivity contribution in [2.45, 2.75) is 51.1 Å². The molecule has 3 atom stereocenters. The van der Waals surface area contributed by atoms with Crippen molar-refractivity contribution in [2.75, 3.05) is 6.61 Å². The van der Waals surface area contributed by atoms with E-state index in [0.29, 0.717) is 5.92 Å². The van der Waals surface area contributed by atoms with Crippen molar-refractivity contribution in [2.24, 2.45) is 5.92 Å². The number of nitrogens with one attached hydrogen (secondary N) is 1. The SMILES string of the molecule is CC1CCCC(CO)(NC(C)C(=O)O)C1. The van der Waals surface area contributed by atoms with Crippen LogP contribution >= 0.6 is 0 Å². The van der Waals surface area contributed by atoms with Crippen LogP contribution in [0.4, 0.5) is 0 Å². The number of rotatable bonds is 4. The summed E-state index contributed by atoms with van der Waals surface area (Å²) in [6, 6.07) is -0.595. The maximum atomic E-state index is 10.8. The molecule has 3 N–H and O–H groups in total. The molecule has 1 saturated carbocycles. The smallest absolute Gasteiger partial charge is 0.320 e. The summed E-state index contributed by atoms with van der Waals surface area (Å²) in [5.41, 5.74) is -0.379. The first-order valence-corrected chi connectivity index (χ1v) is 5.60. The van der Waals surface area contributed by atoms with Gasteiger partial charge in [0.2, 0.25) is 0 Å². The standard InChI is InChI=1S/C11H21NO3/c1-8-4-3-5-11(6-8,7-13)12-9(2)10(14)15/h8-9,12-13H,3-7H2,1-2H3,(H,14,15). The quantitative estimate of drug-likeness (QED) is 0.654. The second-order valence-corrected chi connectivity index (χ2v) is 4.84. The Morgan fingerprint density at radius 2 is 2.33 bits per heavy atom. The average molecular weight is 215 g/mol. The number of hydrogen-bond acceptors (Lipinski definition) is 3. The van der Waals surface area contributed by atoms with Gasteiger partial charge in [-0.15, -0.1) is 0 Å². The predicted octanol–water partition coefficient (Wildman–Crippen LogP) is 0.990. The van der Waals surface area contributed by atoms with Gasteiger partial charge in [0, 0.05) is 5.54 Å². The van der Waals surface area contributed by atoms with Gasteiger partial charge in [-0.05, 0) is 25.7 Å². The van der Waals surface area contributed by atoms with Crippen LogP contribution in [0.3, 0.4) is 0 Å². The van der Waals surface area contributed by atoms with E-state index in [-0.39, 0.29) is 12.1 Å². The third-order valence-corrected chi connectivity index (χ3v) is 3.29. The topological polar surface area (TPSA) is 69.6 Å². The highest BCUT2D eigenvalue weighted by Crippen LogP contribution is 2.32. The van der Waals surface area contributed by atoms with Gasteiger partial charge in [0.25, 0.3) is 0 Å². The number of carboxylic acid groups (broad SMARTS) is 1. The number of hydrogen-bond donors (Lipinski definition) is 3. The molecule has 0 radical (unpaired) electrons. The number of carbonyl (C=O) groups is 1. The summed E-state index contributed by atoms with van der Waals surface area (Å²) in [6.45, 7) is 3.80. The van der Waals surface area contributed by atoms with E-state index < -0.39 is 12.0 Å². The molecule has 3 unspecified atom stereocenters. The summed E-state index contributed by atoms with van der Waals surface area (Å²) in [6.07, 6.45) is 3.96. The molecule has 0 aliphatic heterocycles. The van der Waals surface area contributed by atoms with Crippen LogP contribution in [0.1, 0.15) is 39.5 Å². The molecule has 1 aliphatic rings. The lowest BCUT2D eigenvalue weighted by atomic mass is 9.76. The molecule has 88 valence electrons. The third kappa shape index (κ3) is 3.18. The molecule has 15 heavy (non-hydrogen) atoms. The predicted molar refractivity (Wildman–Crippen MR) is 57.7 cm³/mol. The third-order valence-electron chi connectivity index (χ3n) is 3.29. The first kappa shape index (κ1) is 12.5. The van der Waals surface area contributed by atoms with Crippen LogP contribution in [0.15, 0.2) is 0 Å². The highest BCUT2D eigenvalue weighted by atomic mass is 16.4. The summed E-state index contributed by atoms with van der Waals surface area (Å²) >= 11 is 0. The molecule has 0 amide bonds. The molecule has 1 fully saturated rings. The van der Waals surface area contributed by atoms with Crippen LogP contribution in [0.25, 0.3) is 0 Å². The van der Waals surface area contributed by atoms with Crippen molar-refractivity contribution in [3.05, 3.63) is 0 Å². The lowest BCUT2D eigenvalue weighted by molar-refractivity contribution is -0.140. The summed E-state index contributed by atoms with van der Waals surface area (Å²) in [7, 11) is 0. The van der Waals surface area contributed by atoms with Gasteiger partial charge in [-0.3, -0.25) is 10.1 Å².